The molecule has 0 radical (unpaired) electrons. The maximum Gasteiger partial charge on any atom is 0.251 e. The maximum atomic E-state index is 14.2. The molecule has 3 heterocycles. The quantitative estimate of drug-likeness (QED) is 0.203. The van der Waals surface area contributed by atoms with Crippen LogP contribution in [0.15, 0.2) is 48.7 Å². The number of amides is 2. The molecule has 1 aliphatic carbocycles. The van der Waals surface area contributed by atoms with Gasteiger partial charge in [-0.1, -0.05) is 6.92 Å². The number of nitrogens with two attached hydrogens (primary N) is 1. The first-order valence-electron chi connectivity index (χ1n) is 15.7. The van der Waals surface area contributed by atoms with Crippen LogP contribution in [0.4, 0.5) is 8.78 Å². The lowest BCUT2D eigenvalue weighted by Gasteiger charge is -2.22. The molecule has 2 aromatic carbocycles. The number of benzene rings is 2. The van der Waals surface area contributed by atoms with E-state index in [0.717, 1.165) is 23.8 Å². The maximum absolute atomic E-state index is 14.2. The van der Waals surface area contributed by atoms with Crippen molar-refractivity contribution in [1.82, 2.24) is 15.3 Å². The minimum Gasteiger partial charge on any atom is -0.489 e. The van der Waals surface area contributed by atoms with Gasteiger partial charge < -0.3 is 20.5 Å². The van der Waals surface area contributed by atoms with E-state index >= 15 is 0 Å². The molecular weight excluding hydrogens is 590 g/mol. The number of carbonyl (C=O) groups is 2. The van der Waals surface area contributed by atoms with Crippen LogP contribution in [-0.4, -0.2) is 47.7 Å². The Balaban J connectivity index is 1.34. The molecular formula is C36H38F2N4O4. The average Bonchev–Trinajstić information content (AvgIpc) is 3.82. The average molecular weight is 629 g/mol. The second-order valence-corrected chi connectivity index (χ2v) is 12.8. The van der Waals surface area contributed by atoms with Gasteiger partial charge in [-0.2, -0.15) is 0 Å². The van der Waals surface area contributed by atoms with Gasteiger partial charge >= 0.3 is 0 Å². The van der Waals surface area contributed by atoms with Gasteiger partial charge in [0.25, 0.3) is 5.91 Å². The fraction of sp³-hybridized carbons (Fsp3) is 0.389. The van der Waals surface area contributed by atoms with Crippen LogP contribution in [0, 0.1) is 25.6 Å². The number of fused-ring (bicyclic) bond motifs is 2. The molecule has 1 saturated carbocycles. The van der Waals surface area contributed by atoms with Gasteiger partial charge in [0, 0.05) is 46.4 Å². The highest BCUT2D eigenvalue weighted by Gasteiger charge is 2.45. The number of aryl methyl sites for hydroxylation is 2. The molecule has 2 aliphatic rings. The van der Waals surface area contributed by atoms with Crippen molar-refractivity contribution in [2.24, 2.45) is 11.7 Å². The van der Waals surface area contributed by atoms with E-state index in [-0.39, 0.29) is 43.3 Å². The Morgan fingerprint density at radius 3 is 2.65 bits per heavy atom. The molecule has 0 saturated heterocycles. The molecule has 0 spiro atoms. The van der Waals surface area contributed by atoms with Gasteiger partial charge in [0.1, 0.15) is 53.3 Å². The first-order valence-corrected chi connectivity index (χ1v) is 15.7. The van der Waals surface area contributed by atoms with Crippen molar-refractivity contribution in [2.75, 3.05) is 19.8 Å². The zero-order chi connectivity index (χ0) is 32.7. The third-order valence-electron chi connectivity index (χ3n) is 9.13. The molecule has 4 aromatic rings. The standard InChI is InChI=1S/C36H38F2N4O4/c1-5-25(37)17-45-30-13-24(12-23-10-19(2)15-40-31(23)30)34(43)41-16-26(21-6-7-21)29-14-27-33(46-18-36(27,4)35(39)44)32(42-29)22-8-9-28(38)20(3)11-22/h8-15,21,25-26H,5-7,16-18H2,1-4H3,(H2,39,44)(H,41,43)/t25?,26-,36-/m0/s1. The number of carbonyl (C=O) groups excluding carboxylic acids is 2. The molecule has 10 heteroatoms. The van der Waals surface area contributed by atoms with Crippen LogP contribution in [0.25, 0.3) is 22.2 Å². The molecule has 240 valence electrons. The lowest BCUT2D eigenvalue weighted by molar-refractivity contribution is -0.123. The summed E-state index contributed by atoms with van der Waals surface area (Å²) in [6.07, 6.45) is 2.82. The predicted octanol–water partition coefficient (Wildman–Crippen LogP) is 6.24. The summed E-state index contributed by atoms with van der Waals surface area (Å²) in [5.74, 6) is -0.243. The Hall–Kier alpha value is -4.60. The van der Waals surface area contributed by atoms with E-state index in [2.05, 4.69) is 10.3 Å². The SMILES string of the molecule is CCC(F)COc1cc(C(=O)NC[C@H](c2cc3c(c(-c4ccc(F)c(C)c4)n2)OC[C@]3(C)C(N)=O)C2CC2)cc2cc(C)cnc12. The minimum absolute atomic E-state index is 0.0723. The molecule has 6 rings (SSSR count). The number of aromatic nitrogens is 2. The number of halogens is 2. The third-order valence-corrected chi connectivity index (χ3v) is 9.13. The Kier molecular flexibility index (Phi) is 8.39. The summed E-state index contributed by atoms with van der Waals surface area (Å²) >= 11 is 0. The first kappa shape index (κ1) is 31.4. The van der Waals surface area contributed by atoms with Crippen LogP contribution in [-0.2, 0) is 10.2 Å². The largest absolute Gasteiger partial charge is 0.489 e. The number of ether oxygens (including phenoxy) is 2. The number of alkyl halides is 1. The summed E-state index contributed by atoms with van der Waals surface area (Å²) in [5.41, 5.74) is 9.62. The van der Waals surface area contributed by atoms with Crippen molar-refractivity contribution in [3.8, 4) is 22.8 Å². The zero-order valence-corrected chi connectivity index (χ0v) is 26.5. The topological polar surface area (TPSA) is 116 Å². The zero-order valence-electron chi connectivity index (χ0n) is 26.5. The van der Waals surface area contributed by atoms with Crippen molar-refractivity contribution in [2.45, 2.75) is 64.5 Å². The number of primary amides is 1. The second kappa shape index (κ2) is 12.3. The molecule has 0 bridgehead atoms. The summed E-state index contributed by atoms with van der Waals surface area (Å²) < 4.78 is 40.1. The van der Waals surface area contributed by atoms with Gasteiger partial charge in [0.05, 0.1) is 0 Å². The van der Waals surface area contributed by atoms with Crippen molar-refractivity contribution < 1.29 is 27.8 Å². The molecule has 1 unspecified atom stereocenters. The summed E-state index contributed by atoms with van der Waals surface area (Å²) in [6.45, 7) is 7.31. The summed E-state index contributed by atoms with van der Waals surface area (Å²) in [7, 11) is 0. The van der Waals surface area contributed by atoms with E-state index < -0.39 is 17.5 Å². The van der Waals surface area contributed by atoms with Crippen molar-refractivity contribution in [3.05, 3.63) is 82.4 Å². The molecule has 2 amide bonds. The highest BCUT2D eigenvalue weighted by atomic mass is 19.1. The molecule has 46 heavy (non-hydrogen) atoms. The van der Waals surface area contributed by atoms with Crippen LogP contribution in [0.5, 0.6) is 11.5 Å². The smallest absolute Gasteiger partial charge is 0.251 e. The Labute approximate surface area is 266 Å². The van der Waals surface area contributed by atoms with E-state index in [1.54, 1.807) is 51.2 Å². The predicted molar refractivity (Wildman–Crippen MR) is 171 cm³/mol. The minimum atomic E-state index is -1.14. The molecule has 8 nitrogen and oxygen atoms in total. The van der Waals surface area contributed by atoms with Crippen molar-refractivity contribution >= 4 is 22.7 Å². The molecule has 1 fully saturated rings. The Morgan fingerprint density at radius 2 is 1.96 bits per heavy atom. The fourth-order valence-electron chi connectivity index (χ4n) is 5.97. The molecule has 2 aromatic heterocycles. The van der Waals surface area contributed by atoms with Crippen molar-refractivity contribution in [1.29, 1.82) is 0 Å². The van der Waals surface area contributed by atoms with Crippen LogP contribution in [0.1, 0.15) is 71.8 Å². The summed E-state index contributed by atoms with van der Waals surface area (Å²) in [4.78, 5) is 35.8. The fourth-order valence-corrected chi connectivity index (χ4v) is 5.97. The normalized spacial score (nSPS) is 18.5. The van der Waals surface area contributed by atoms with E-state index in [4.69, 9.17) is 20.2 Å². The van der Waals surface area contributed by atoms with Crippen LogP contribution < -0.4 is 20.5 Å². The van der Waals surface area contributed by atoms with E-state index in [1.165, 1.54) is 6.07 Å². The Morgan fingerprint density at radius 1 is 1.17 bits per heavy atom. The third kappa shape index (κ3) is 6.00. The summed E-state index contributed by atoms with van der Waals surface area (Å²) in [6, 6.07) is 11.9. The number of hydrogen-bond donors (Lipinski definition) is 2. The van der Waals surface area contributed by atoms with Crippen LogP contribution in [0.2, 0.25) is 0 Å². The van der Waals surface area contributed by atoms with Gasteiger partial charge in [-0.15, -0.1) is 0 Å². The highest BCUT2D eigenvalue weighted by Crippen LogP contribution is 2.48. The van der Waals surface area contributed by atoms with Gasteiger partial charge in [-0.3, -0.25) is 14.6 Å². The van der Waals surface area contributed by atoms with Crippen LogP contribution >= 0.6 is 0 Å². The highest BCUT2D eigenvalue weighted by molar-refractivity contribution is 6.00. The van der Waals surface area contributed by atoms with Crippen LogP contribution in [0.3, 0.4) is 0 Å². The van der Waals surface area contributed by atoms with E-state index in [9.17, 15) is 18.4 Å². The van der Waals surface area contributed by atoms with Gasteiger partial charge in [0.15, 0.2) is 0 Å². The lowest BCUT2D eigenvalue weighted by atomic mass is 9.82. The van der Waals surface area contributed by atoms with E-state index in [1.807, 2.05) is 19.1 Å². The summed E-state index contributed by atoms with van der Waals surface area (Å²) in [5, 5.41) is 3.81. The Bertz CT molecular complexity index is 1840. The second-order valence-electron chi connectivity index (χ2n) is 12.8. The number of pyridine rings is 2. The van der Waals surface area contributed by atoms with Gasteiger partial charge in [-0.25, -0.2) is 13.8 Å². The van der Waals surface area contributed by atoms with Gasteiger partial charge in [-0.05, 0) is 99.5 Å². The van der Waals surface area contributed by atoms with Gasteiger partial charge in [0.2, 0.25) is 5.91 Å². The monoisotopic (exact) mass is 628 g/mol. The van der Waals surface area contributed by atoms with E-state index in [0.29, 0.717) is 57.1 Å². The molecule has 1 aliphatic heterocycles. The lowest BCUT2D eigenvalue weighted by Crippen LogP contribution is -2.40. The number of nitrogens with one attached hydrogen (secondary N) is 1. The molecule has 3 atom stereocenters. The number of nitrogens with zero attached hydrogens (tertiary/aromatic N) is 2. The molecule has 3 N–H and O–H groups in total. The van der Waals surface area contributed by atoms with Crippen molar-refractivity contribution in [3.63, 3.8) is 0 Å². The number of hydrogen-bond acceptors (Lipinski definition) is 6. The number of rotatable bonds is 11. The first-order chi connectivity index (χ1) is 22.0.